The fourth-order valence-electron chi connectivity index (χ4n) is 2.31. The number of nitrogens with one attached hydrogen (secondary N) is 1. The van der Waals surface area contributed by atoms with E-state index in [0.29, 0.717) is 22.4 Å². The molecule has 0 aliphatic rings. The van der Waals surface area contributed by atoms with Gasteiger partial charge in [0.25, 0.3) is 0 Å². The molecule has 0 saturated heterocycles. The van der Waals surface area contributed by atoms with Gasteiger partial charge in [-0.15, -0.1) is 13.2 Å². The standard InChI is InChI=1S/C20H17F3N2O3.C2H6/c1-4-10-27-19-13(3)17(11-15(25-19)12-24-18(26)5-2)14-6-8-16(9-7-14)28-20(21,22)23;1-2/h5-9,11H,2,12H2,1,3H3,(H,24,26);1-2H3. The zero-order chi connectivity index (χ0) is 22.7. The van der Waals surface area contributed by atoms with Crippen LogP contribution in [0.25, 0.3) is 11.1 Å². The van der Waals surface area contributed by atoms with Crippen molar-refractivity contribution in [3.63, 3.8) is 0 Å². The average Bonchev–Trinajstić information content (AvgIpc) is 2.72. The van der Waals surface area contributed by atoms with Gasteiger partial charge in [0.15, 0.2) is 0 Å². The maximum atomic E-state index is 12.3. The molecule has 1 aromatic heterocycles. The monoisotopic (exact) mass is 420 g/mol. The van der Waals surface area contributed by atoms with E-state index in [-0.39, 0.29) is 24.1 Å². The summed E-state index contributed by atoms with van der Waals surface area (Å²) in [6, 6.07) is 7.13. The number of hydrogen-bond donors (Lipinski definition) is 1. The first-order valence-electron chi connectivity index (χ1n) is 9.09. The van der Waals surface area contributed by atoms with Crippen LogP contribution in [0.1, 0.15) is 32.0 Å². The number of rotatable bonds is 6. The van der Waals surface area contributed by atoms with Gasteiger partial charge in [0.1, 0.15) is 11.9 Å². The predicted molar refractivity (Wildman–Crippen MR) is 109 cm³/mol. The van der Waals surface area contributed by atoms with E-state index in [1.165, 1.54) is 24.3 Å². The Morgan fingerprint density at radius 2 is 1.90 bits per heavy atom. The number of pyridine rings is 1. The molecule has 0 saturated carbocycles. The molecule has 2 aromatic rings. The summed E-state index contributed by atoms with van der Waals surface area (Å²) in [6.45, 7) is 10.8. The van der Waals surface area contributed by atoms with Gasteiger partial charge in [-0.2, -0.15) is 0 Å². The van der Waals surface area contributed by atoms with Gasteiger partial charge in [-0.1, -0.05) is 38.5 Å². The molecule has 0 spiro atoms. The normalized spacial score (nSPS) is 9.97. The van der Waals surface area contributed by atoms with Gasteiger partial charge in [-0.25, -0.2) is 4.98 Å². The van der Waals surface area contributed by atoms with Crippen molar-refractivity contribution >= 4 is 5.91 Å². The molecule has 1 heterocycles. The fraction of sp³-hybridized carbons (Fsp3) is 0.273. The first-order valence-corrected chi connectivity index (χ1v) is 9.09. The maximum absolute atomic E-state index is 12.3. The third-order valence-electron chi connectivity index (χ3n) is 3.56. The lowest BCUT2D eigenvalue weighted by molar-refractivity contribution is -0.274. The number of benzene rings is 1. The number of amides is 1. The molecule has 0 fully saturated rings. The highest BCUT2D eigenvalue weighted by atomic mass is 19.4. The van der Waals surface area contributed by atoms with Crippen LogP contribution >= 0.6 is 0 Å². The number of nitrogens with zero attached hydrogens (tertiary/aromatic N) is 1. The highest BCUT2D eigenvalue weighted by Gasteiger charge is 2.31. The summed E-state index contributed by atoms with van der Waals surface area (Å²) < 4.78 is 46.2. The highest BCUT2D eigenvalue weighted by molar-refractivity contribution is 5.86. The van der Waals surface area contributed by atoms with Crippen LogP contribution in [-0.4, -0.2) is 17.3 Å². The summed E-state index contributed by atoms with van der Waals surface area (Å²) in [6.07, 6.45) is -1.16. The number of alkyl halides is 3. The number of hydrogen-bond acceptors (Lipinski definition) is 4. The van der Waals surface area contributed by atoms with Crippen molar-refractivity contribution in [1.29, 1.82) is 0 Å². The van der Waals surface area contributed by atoms with Crippen molar-refractivity contribution in [2.45, 2.75) is 40.6 Å². The van der Waals surface area contributed by atoms with Crippen LogP contribution in [0.4, 0.5) is 13.2 Å². The molecule has 5 nitrogen and oxygen atoms in total. The Morgan fingerprint density at radius 3 is 2.43 bits per heavy atom. The second-order valence-corrected chi connectivity index (χ2v) is 5.54. The van der Waals surface area contributed by atoms with Crippen molar-refractivity contribution in [2.75, 3.05) is 0 Å². The lowest BCUT2D eigenvalue weighted by atomic mass is 10.0. The van der Waals surface area contributed by atoms with Crippen LogP contribution in [0, 0.1) is 19.0 Å². The smallest absolute Gasteiger partial charge is 0.406 e. The van der Waals surface area contributed by atoms with E-state index in [4.69, 9.17) is 4.74 Å². The largest absolute Gasteiger partial charge is 0.573 e. The molecule has 1 aromatic carbocycles. The number of halogens is 3. The molecule has 0 unspecified atom stereocenters. The van der Waals surface area contributed by atoms with Crippen molar-refractivity contribution in [1.82, 2.24) is 10.3 Å². The van der Waals surface area contributed by atoms with E-state index in [0.717, 1.165) is 6.08 Å². The predicted octanol–water partition coefficient (Wildman–Crippen LogP) is 5.14. The van der Waals surface area contributed by atoms with E-state index < -0.39 is 6.36 Å². The Labute approximate surface area is 173 Å². The van der Waals surface area contributed by atoms with Crippen LogP contribution in [0.2, 0.25) is 0 Å². The van der Waals surface area contributed by atoms with Gasteiger partial charge < -0.3 is 14.8 Å². The molecular formula is C22H23F3N2O3. The van der Waals surface area contributed by atoms with Gasteiger partial charge >= 0.3 is 6.36 Å². The van der Waals surface area contributed by atoms with E-state index in [2.05, 4.69) is 33.6 Å². The molecule has 0 radical (unpaired) electrons. The number of ether oxygens (including phenoxy) is 2. The number of carbonyl (C=O) groups excluding carboxylic acids is 1. The number of carbonyl (C=O) groups is 1. The van der Waals surface area contributed by atoms with E-state index in [1.807, 2.05) is 13.8 Å². The minimum Gasteiger partial charge on any atom is -0.406 e. The molecular weight excluding hydrogens is 397 g/mol. The second kappa shape index (κ2) is 11.5. The summed E-state index contributed by atoms with van der Waals surface area (Å²) >= 11 is 0. The Morgan fingerprint density at radius 1 is 1.27 bits per heavy atom. The number of aromatic nitrogens is 1. The van der Waals surface area contributed by atoms with Gasteiger partial charge in [-0.3, -0.25) is 4.79 Å². The Bertz CT molecular complexity index is 928. The van der Waals surface area contributed by atoms with Crippen LogP contribution in [0.15, 0.2) is 43.0 Å². The van der Waals surface area contributed by atoms with Crippen LogP contribution < -0.4 is 14.8 Å². The highest BCUT2D eigenvalue weighted by Crippen LogP contribution is 2.32. The topological polar surface area (TPSA) is 60.5 Å². The average molecular weight is 420 g/mol. The Kier molecular flexibility index (Phi) is 9.43. The first-order chi connectivity index (χ1) is 14.2. The molecule has 30 heavy (non-hydrogen) atoms. The first kappa shape index (κ1) is 24.6. The lowest BCUT2D eigenvalue weighted by Gasteiger charge is -2.13. The quantitative estimate of drug-likeness (QED) is 0.519. The summed E-state index contributed by atoms with van der Waals surface area (Å²) in [5, 5.41) is 2.61. The van der Waals surface area contributed by atoms with E-state index in [1.54, 1.807) is 19.9 Å². The Balaban J connectivity index is 0.00000218. The molecule has 0 atom stereocenters. The third kappa shape index (κ3) is 7.51. The van der Waals surface area contributed by atoms with Crippen molar-refractivity contribution in [3.8, 4) is 34.8 Å². The molecule has 8 heteroatoms. The van der Waals surface area contributed by atoms with Gasteiger partial charge in [0, 0.05) is 12.5 Å². The van der Waals surface area contributed by atoms with Crippen molar-refractivity contribution in [2.24, 2.45) is 0 Å². The molecule has 1 N–H and O–H groups in total. The summed E-state index contributed by atoms with van der Waals surface area (Å²) in [7, 11) is 0. The fourth-order valence-corrected chi connectivity index (χ4v) is 2.31. The van der Waals surface area contributed by atoms with Gasteiger partial charge in [0.2, 0.25) is 11.8 Å². The van der Waals surface area contributed by atoms with Gasteiger partial charge in [-0.05, 0) is 42.3 Å². The second-order valence-electron chi connectivity index (χ2n) is 5.54. The third-order valence-corrected chi connectivity index (χ3v) is 3.56. The SMILES string of the molecule is C=CC(=O)NCc1cc(-c2ccc(OC(F)(F)F)cc2)c(C)c(OC#CC)n1.CC. The van der Waals surface area contributed by atoms with Crippen molar-refractivity contribution < 1.29 is 27.4 Å². The molecule has 2 rings (SSSR count). The van der Waals surface area contributed by atoms with Crippen LogP contribution in [0.5, 0.6) is 11.6 Å². The summed E-state index contributed by atoms with van der Waals surface area (Å²) in [5.74, 6) is 2.14. The van der Waals surface area contributed by atoms with Gasteiger partial charge in [0.05, 0.1) is 12.2 Å². The zero-order valence-corrected chi connectivity index (χ0v) is 17.2. The molecule has 160 valence electrons. The van der Waals surface area contributed by atoms with Crippen LogP contribution in [-0.2, 0) is 11.3 Å². The molecule has 0 bridgehead atoms. The Hall–Kier alpha value is -3.47. The van der Waals surface area contributed by atoms with Crippen molar-refractivity contribution in [3.05, 3.63) is 54.2 Å². The van der Waals surface area contributed by atoms with E-state index >= 15 is 0 Å². The minimum atomic E-state index is -4.76. The summed E-state index contributed by atoms with van der Waals surface area (Å²) in [5.41, 5.74) is 2.43. The maximum Gasteiger partial charge on any atom is 0.573 e. The minimum absolute atomic E-state index is 0.114. The molecule has 1 amide bonds. The molecule has 0 aliphatic carbocycles. The van der Waals surface area contributed by atoms with Crippen LogP contribution in [0.3, 0.4) is 0 Å². The van der Waals surface area contributed by atoms with E-state index in [9.17, 15) is 18.0 Å². The zero-order valence-electron chi connectivity index (χ0n) is 17.2. The lowest BCUT2D eigenvalue weighted by Crippen LogP contribution is -2.20. The molecule has 0 aliphatic heterocycles. The summed E-state index contributed by atoms with van der Waals surface area (Å²) in [4.78, 5) is 15.7.